The molecule has 6 aromatic rings. The second-order valence-corrected chi connectivity index (χ2v) is 14.4. The molecule has 1 unspecified atom stereocenters. The summed E-state index contributed by atoms with van der Waals surface area (Å²) in [5.41, 5.74) is 9.71. The van der Waals surface area contributed by atoms with Gasteiger partial charge in [0.15, 0.2) is 37.5 Å². The number of benzene rings is 3. The first-order valence-corrected chi connectivity index (χ1v) is 18.8. The minimum absolute atomic E-state index is 0.203. The second-order valence-electron chi connectivity index (χ2n) is 14.4. The van der Waals surface area contributed by atoms with Gasteiger partial charge in [-0.3, -0.25) is 4.79 Å². The van der Waals surface area contributed by atoms with E-state index in [2.05, 4.69) is 152 Å². The predicted octanol–water partition coefficient (Wildman–Crippen LogP) is 8.39. The summed E-state index contributed by atoms with van der Waals surface area (Å²) in [4.78, 5) is 11.6. The number of aldehydes is 1. The van der Waals surface area contributed by atoms with Crippen molar-refractivity contribution >= 4 is 11.9 Å². The van der Waals surface area contributed by atoms with E-state index in [1.807, 2.05) is 53.4 Å². The number of nitrogens with one attached hydrogen (secondary N) is 1. The Hall–Kier alpha value is -6.14. The highest BCUT2D eigenvalue weighted by Gasteiger charge is 2.21. The van der Waals surface area contributed by atoms with Crippen molar-refractivity contribution in [3.63, 3.8) is 0 Å². The van der Waals surface area contributed by atoms with Crippen LogP contribution in [0, 0.1) is 5.92 Å². The van der Waals surface area contributed by atoms with E-state index in [4.69, 9.17) is 0 Å². The van der Waals surface area contributed by atoms with Crippen molar-refractivity contribution in [2.75, 3.05) is 6.54 Å². The number of carbonyl (C=O) groups is 1. The largest absolute Gasteiger partial charge is 0.459 e. The SMILES string of the molecule is CC(C)c1ccccc1-[n+]1ccc(C(C=CNCC(Cc2ccccc2)C[n+]2ccc(-c3cc[n+](-c4ccccc4C(C)C)c(O)c3)cc2)=CC=O)cc1. The van der Waals surface area contributed by atoms with Gasteiger partial charge in [-0.15, -0.1) is 4.57 Å². The van der Waals surface area contributed by atoms with E-state index in [1.54, 1.807) is 6.08 Å². The molecule has 0 bridgehead atoms. The summed E-state index contributed by atoms with van der Waals surface area (Å²) < 4.78 is 6.20. The monoisotopic (exact) mass is 715 g/mol. The Labute approximate surface area is 320 Å². The molecule has 0 fully saturated rings. The molecule has 0 aliphatic rings. The molecular formula is C48H51N4O2+3. The van der Waals surface area contributed by atoms with E-state index in [0.717, 1.165) is 59.4 Å². The molecule has 272 valence electrons. The number of hydrogen-bond acceptors (Lipinski definition) is 3. The molecule has 2 N–H and O–H groups in total. The molecule has 0 amide bonds. The van der Waals surface area contributed by atoms with Gasteiger partial charge >= 0.3 is 5.88 Å². The van der Waals surface area contributed by atoms with E-state index in [9.17, 15) is 9.90 Å². The van der Waals surface area contributed by atoms with Crippen LogP contribution in [0.4, 0.5) is 0 Å². The molecule has 3 aromatic carbocycles. The average molecular weight is 716 g/mol. The van der Waals surface area contributed by atoms with Crippen LogP contribution >= 0.6 is 0 Å². The van der Waals surface area contributed by atoms with Gasteiger partial charge in [0.1, 0.15) is 6.29 Å². The summed E-state index contributed by atoms with van der Waals surface area (Å²) >= 11 is 0. The number of pyridine rings is 3. The molecular weight excluding hydrogens is 665 g/mol. The highest BCUT2D eigenvalue weighted by molar-refractivity contribution is 5.86. The third-order valence-corrected chi connectivity index (χ3v) is 9.85. The van der Waals surface area contributed by atoms with Gasteiger partial charge in [-0.2, -0.15) is 4.57 Å². The molecule has 6 heteroatoms. The number of aromatic nitrogens is 3. The summed E-state index contributed by atoms with van der Waals surface area (Å²) in [6, 6.07) is 39.4. The predicted molar refractivity (Wildman–Crippen MR) is 216 cm³/mol. The van der Waals surface area contributed by atoms with E-state index < -0.39 is 0 Å². The lowest BCUT2D eigenvalue weighted by Crippen LogP contribution is -2.40. The lowest BCUT2D eigenvalue weighted by molar-refractivity contribution is -0.702. The Bertz CT molecular complexity index is 2210. The molecule has 54 heavy (non-hydrogen) atoms. The zero-order chi connectivity index (χ0) is 37.9. The van der Waals surface area contributed by atoms with Gasteiger partial charge in [0.2, 0.25) is 11.4 Å². The van der Waals surface area contributed by atoms with Crippen molar-refractivity contribution in [1.29, 1.82) is 0 Å². The topological polar surface area (TPSA) is 61.0 Å². The molecule has 0 aliphatic heterocycles. The number of carbonyl (C=O) groups excluding carboxylic acids is 1. The number of para-hydroxylation sites is 2. The Kier molecular flexibility index (Phi) is 12.6. The van der Waals surface area contributed by atoms with Gasteiger partial charge in [0.25, 0.3) is 0 Å². The average Bonchev–Trinajstić information content (AvgIpc) is 3.19. The fourth-order valence-electron chi connectivity index (χ4n) is 6.98. The Morgan fingerprint density at radius 2 is 1.31 bits per heavy atom. The minimum atomic E-state index is 0.203. The van der Waals surface area contributed by atoms with Crippen molar-refractivity contribution in [3.8, 4) is 28.4 Å². The van der Waals surface area contributed by atoms with Gasteiger partial charge in [0.05, 0.1) is 6.07 Å². The fraction of sp³-hybridized carbons (Fsp3) is 0.208. The summed E-state index contributed by atoms with van der Waals surface area (Å²) in [5.74, 6) is 1.25. The van der Waals surface area contributed by atoms with Crippen LogP contribution in [0.5, 0.6) is 5.88 Å². The molecule has 1 atom stereocenters. The Balaban J connectivity index is 1.14. The third-order valence-electron chi connectivity index (χ3n) is 9.85. The number of nitrogens with zero attached hydrogens (tertiary/aromatic N) is 3. The lowest BCUT2D eigenvalue weighted by atomic mass is 9.98. The van der Waals surface area contributed by atoms with Gasteiger partial charge in [-0.05, 0) is 64.4 Å². The van der Waals surface area contributed by atoms with Gasteiger partial charge < -0.3 is 10.4 Å². The zero-order valence-corrected chi connectivity index (χ0v) is 31.7. The number of aromatic hydroxyl groups is 1. The van der Waals surface area contributed by atoms with Crippen molar-refractivity contribution in [2.24, 2.45) is 5.92 Å². The summed E-state index contributed by atoms with van der Waals surface area (Å²) in [6.45, 7) is 10.3. The molecule has 6 rings (SSSR count). The maximum atomic E-state index is 11.6. The standard InChI is InChI=1S/C48H49N4O2/c1-36(2)44-14-8-10-16-46(44)51-28-21-41(22-29-51)40(24-31-53)18-25-49-34-39(32-38-12-6-5-7-13-38)35-50-26-19-42(20-27-50)43-23-30-52(48(54)33-43)47-17-11-9-15-45(47)37(3)4/h5-31,33,36-37,39H,32,34-35H2,1-4H3/q+1/p+2. The van der Waals surface area contributed by atoms with E-state index in [-0.39, 0.29) is 5.88 Å². The quantitative estimate of drug-likeness (QED) is 0.0486. The van der Waals surface area contributed by atoms with Crippen molar-refractivity contribution in [1.82, 2.24) is 5.32 Å². The summed E-state index contributed by atoms with van der Waals surface area (Å²) in [5, 5.41) is 14.6. The number of hydrogen-bond donors (Lipinski definition) is 2. The third kappa shape index (κ3) is 9.44. The van der Waals surface area contributed by atoms with Crippen molar-refractivity contribution in [3.05, 3.63) is 187 Å². The van der Waals surface area contributed by atoms with Gasteiger partial charge in [-0.25, -0.2) is 4.57 Å². The molecule has 3 aromatic heterocycles. The number of allylic oxidation sites excluding steroid dienone is 3. The normalized spacial score (nSPS) is 12.4. The Morgan fingerprint density at radius 3 is 1.96 bits per heavy atom. The maximum absolute atomic E-state index is 11.6. The van der Waals surface area contributed by atoms with Crippen molar-refractivity contribution < 1.29 is 23.6 Å². The van der Waals surface area contributed by atoms with Crippen LogP contribution in [0.15, 0.2) is 165 Å². The highest BCUT2D eigenvalue weighted by Crippen LogP contribution is 2.25. The van der Waals surface area contributed by atoms with Crippen LogP contribution in [-0.2, 0) is 17.8 Å². The molecule has 0 aliphatic carbocycles. The van der Waals surface area contributed by atoms with Crippen LogP contribution in [0.3, 0.4) is 0 Å². The van der Waals surface area contributed by atoms with E-state index in [0.29, 0.717) is 17.8 Å². The van der Waals surface area contributed by atoms with Crippen LogP contribution in [0.1, 0.15) is 61.8 Å². The molecule has 3 heterocycles. The molecule has 0 saturated heterocycles. The smallest absolute Gasteiger partial charge is 0.371 e. The Morgan fingerprint density at radius 1 is 0.704 bits per heavy atom. The minimum Gasteiger partial charge on any atom is -0.459 e. The summed E-state index contributed by atoms with van der Waals surface area (Å²) in [6.07, 6.45) is 17.6. The molecule has 0 radical (unpaired) electrons. The van der Waals surface area contributed by atoms with Crippen LogP contribution < -0.4 is 19.0 Å². The van der Waals surface area contributed by atoms with Crippen molar-refractivity contribution in [2.45, 2.75) is 52.5 Å². The van der Waals surface area contributed by atoms with Crippen LogP contribution in [0.2, 0.25) is 0 Å². The first kappa shape index (κ1) is 37.6. The maximum Gasteiger partial charge on any atom is 0.371 e. The van der Waals surface area contributed by atoms with Crippen LogP contribution in [-0.4, -0.2) is 17.9 Å². The second kappa shape index (κ2) is 18.1. The zero-order valence-electron chi connectivity index (χ0n) is 31.7. The molecule has 0 spiro atoms. The lowest BCUT2D eigenvalue weighted by Gasteiger charge is -2.15. The van der Waals surface area contributed by atoms with E-state index >= 15 is 0 Å². The first-order chi connectivity index (χ1) is 26.3. The highest BCUT2D eigenvalue weighted by atomic mass is 16.3. The molecule has 0 saturated carbocycles. The fourth-order valence-corrected chi connectivity index (χ4v) is 6.98. The van der Waals surface area contributed by atoms with Gasteiger partial charge in [-0.1, -0.05) is 94.4 Å². The first-order valence-electron chi connectivity index (χ1n) is 18.8. The summed E-state index contributed by atoms with van der Waals surface area (Å²) in [7, 11) is 0. The number of rotatable bonds is 15. The van der Waals surface area contributed by atoms with Gasteiger partial charge in [0, 0.05) is 66.1 Å². The molecule has 6 nitrogen and oxygen atoms in total. The van der Waals surface area contributed by atoms with E-state index in [1.165, 1.54) is 16.7 Å². The van der Waals surface area contributed by atoms with Crippen LogP contribution in [0.25, 0.3) is 28.1 Å².